The molecule has 0 aliphatic rings. The summed E-state index contributed by atoms with van der Waals surface area (Å²) in [6, 6.07) is 0. The number of aliphatic carboxylic acids is 2. The highest BCUT2D eigenvalue weighted by molar-refractivity contribution is 5.95. The smallest absolute Gasteiger partial charge is 0.344 e. The van der Waals surface area contributed by atoms with Gasteiger partial charge in [0.15, 0.2) is 0 Å². The highest BCUT2D eigenvalue weighted by Gasteiger charge is 2.20. The van der Waals surface area contributed by atoms with Crippen LogP contribution < -0.4 is 12.3 Å². The van der Waals surface area contributed by atoms with Crippen molar-refractivity contribution in [1.29, 1.82) is 0 Å². The third-order valence-corrected chi connectivity index (χ3v) is 0.468. The predicted octanol–water partition coefficient (Wildman–Crippen LogP) is -1.16. The van der Waals surface area contributed by atoms with Gasteiger partial charge in [0.25, 0.3) is 0 Å². The number of aliphatic hydroxyl groups is 1. The van der Waals surface area contributed by atoms with Crippen molar-refractivity contribution in [2.75, 3.05) is 0 Å². The van der Waals surface area contributed by atoms with Crippen molar-refractivity contribution in [3.05, 3.63) is 0 Å². The van der Waals surface area contributed by atoms with Gasteiger partial charge in [-0.15, -0.1) is 0 Å². The van der Waals surface area contributed by atoms with E-state index >= 15 is 0 Å². The number of hydrogen-bond acceptors (Lipinski definition) is 5. The molecule has 0 radical (unpaired) electrons. The normalized spacial score (nSPS) is 7.40. The van der Waals surface area contributed by atoms with Crippen LogP contribution in [0.2, 0.25) is 0 Å². The maximum absolute atomic E-state index is 9.51. The molecule has 0 fully saturated rings. The third kappa shape index (κ3) is 4.97. The molecular formula is C3H10N2O5. The summed E-state index contributed by atoms with van der Waals surface area (Å²) in [5.41, 5.74) is 0. The van der Waals surface area contributed by atoms with Crippen LogP contribution in [0.5, 0.6) is 0 Å². The lowest BCUT2D eigenvalue weighted by molar-refractivity contribution is -0.160. The van der Waals surface area contributed by atoms with E-state index in [0.29, 0.717) is 0 Å². The molecule has 0 heterocycles. The standard InChI is InChI=1S/C3H4O5.2H3N/c4-1(2(5)6)3(7)8;;/h1,4H,(H,5,6)(H,7,8);2*1H3. The van der Waals surface area contributed by atoms with E-state index in [1.807, 2.05) is 0 Å². The Morgan fingerprint density at radius 2 is 1.20 bits per heavy atom. The van der Waals surface area contributed by atoms with E-state index in [1.165, 1.54) is 0 Å². The topological polar surface area (TPSA) is 165 Å². The fraction of sp³-hybridized carbons (Fsp3) is 0.333. The van der Waals surface area contributed by atoms with Crippen LogP contribution in [-0.4, -0.2) is 33.4 Å². The maximum Gasteiger partial charge on any atom is 0.344 e. The van der Waals surface area contributed by atoms with Crippen LogP contribution >= 0.6 is 0 Å². The largest absolute Gasteiger partial charge is 0.479 e. The third-order valence-electron chi connectivity index (χ3n) is 0.468. The van der Waals surface area contributed by atoms with Crippen molar-refractivity contribution < 1.29 is 24.9 Å². The Morgan fingerprint density at radius 3 is 1.20 bits per heavy atom. The number of aliphatic hydroxyl groups excluding tert-OH is 1. The van der Waals surface area contributed by atoms with Crippen molar-refractivity contribution >= 4 is 11.9 Å². The number of carboxylic acids is 2. The molecule has 62 valence electrons. The number of carboxylic acid groups (broad SMARTS) is 2. The number of hydrogen-bond donors (Lipinski definition) is 5. The zero-order valence-corrected chi connectivity index (χ0v) is 5.15. The first-order valence-electron chi connectivity index (χ1n) is 1.69. The first-order chi connectivity index (χ1) is 3.55. The molecule has 7 heteroatoms. The lowest BCUT2D eigenvalue weighted by Crippen LogP contribution is -2.28. The minimum Gasteiger partial charge on any atom is -0.479 e. The predicted molar refractivity (Wildman–Crippen MR) is 31.3 cm³/mol. The lowest BCUT2D eigenvalue weighted by atomic mass is 10.4. The van der Waals surface area contributed by atoms with Crippen LogP contribution in [0, 0.1) is 0 Å². The summed E-state index contributed by atoms with van der Waals surface area (Å²) in [5, 5.41) is 23.4. The van der Waals surface area contributed by atoms with E-state index in [2.05, 4.69) is 0 Å². The lowest BCUT2D eigenvalue weighted by Gasteiger charge is -1.93. The molecule has 0 aliphatic heterocycles. The average molecular weight is 154 g/mol. The molecule has 0 rings (SSSR count). The molecule has 0 aliphatic carbocycles. The van der Waals surface area contributed by atoms with Gasteiger partial charge in [0.2, 0.25) is 6.10 Å². The van der Waals surface area contributed by atoms with E-state index < -0.39 is 18.0 Å². The van der Waals surface area contributed by atoms with Crippen molar-refractivity contribution in [2.24, 2.45) is 0 Å². The van der Waals surface area contributed by atoms with Crippen LogP contribution in [0.1, 0.15) is 0 Å². The summed E-state index contributed by atoms with van der Waals surface area (Å²) in [4.78, 5) is 19.0. The SMILES string of the molecule is N.N.O=C(O)C(O)C(=O)O. The van der Waals surface area contributed by atoms with Gasteiger partial charge in [0.05, 0.1) is 0 Å². The molecule has 0 aromatic heterocycles. The summed E-state index contributed by atoms with van der Waals surface area (Å²) < 4.78 is 0. The highest BCUT2D eigenvalue weighted by Crippen LogP contribution is 1.79. The molecule has 0 unspecified atom stereocenters. The van der Waals surface area contributed by atoms with E-state index in [-0.39, 0.29) is 12.3 Å². The molecule has 0 spiro atoms. The van der Waals surface area contributed by atoms with Gasteiger partial charge in [-0.05, 0) is 0 Å². The van der Waals surface area contributed by atoms with Crippen LogP contribution in [-0.2, 0) is 9.59 Å². The van der Waals surface area contributed by atoms with Gasteiger partial charge in [-0.1, -0.05) is 0 Å². The average Bonchev–Trinajstić information content (AvgIpc) is 1.64. The molecule has 0 bridgehead atoms. The van der Waals surface area contributed by atoms with Crippen LogP contribution in [0.3, 0.4) is 0 Å². The summed E-state index contributed by atoms with van der Waals surface area (Å²) in [6.45, 7) is 0. The van der Waals surface area contributed by atoms with Gasteiger partial charge in [-0.2, -0.15) is 0 Å². The van der Waals surface area contributed by atoms with Crippen molar-refractivity contribution in [2.45, 2.75) is 6.10 Å². The highest BCUT2D eigenvalue weighted by atomic mass is 16.4. The van der Waals surface area contributed by atoms with Gasteiger partial charge < -0.3 is 27.6 Å². The van der Waals surface area contributed by atoms with E-state index in [4.69, 9.17) is 15.3 Å². The Bertz CT molecular complexity index is 110. The van der Waals surface area contributed by atoms with Crippen molar-refractivity contribution in [3.8, 4) is 0 Å². The molecule has 0 saturated heterocycles. The quantitative estimate of drug-likeness (QED) is 0.313. The van der Waals surface area contributed by atoms with Crippen molar-refractivity contribution in [1.82, 2.24) is 12.3 Å². The van der Waals surface area contributed by atoms with Crippen molar-refractivity contribution in [3.63, 3.8) is 0 Å². The Kier molecular flexibility index (Phi) is 9.47. The number of rotatable bonds is 2. The van der Waals surface area contributed by atoms with Gasteiger partial charge in [-0.25, -0.2) is 9.59 Å². The van der Waals surface area contributed by atoms with E-state index in [9.17, 15) is 9.59 Å². The first kappa shape index (κ1) is 15.9. The Morgan fingerprint density at radius 1 is 1.00 bits per heavy atom. The van der Waals surface area contributed by atoms with E-state index in [1.54, 1.807) is 0 Å². The molecule has 0 amide bonds. The molecule has 0 aromatic carbocycles. The summed E-state index contributed by atoms with van der Waals surface area (Å²) in [5.74, 6) is -3.50. The molecule has 0 saturated carbocycles. The van der Waals surface area contributed by atoms with Gasteiger partial charge in [-0.3, -0.25) is 0 Å². The van der Waals surface area contributed by atoms with Gasteiger partial charge >= 0.3 is 11.9 Å². The number of carbonyl (C=O) groups is 2. The van der Waals surface area contributed by atoms with E-state index in [0.717, 1.165) is 0 Å². The summed E-state index contributed by atoms with van der Waals surface area (Å²) >= 11 is 0. The molecule has 0 aromatic rings. The van der Waals surface area contributed by atoms with Crippen LogP contribution in [0.25, 0.3) is 0 Å². The molecule has 0 atom stereocenters. The Labute approximate surface area is 56.4 Å². The first-order valence-corrected chi connectivity index (χ1v) is 1.69. The molecule has 10 heavy (non-hydrogen) atoms. The van der Waals surface area contributed by atoms with Gasteiger partial charge in [0.1, 0.15) is 0 Å². The van der Waals surface area contributed by atoms with Gasteiger partial charge in [0, 0.05) is 0 Å². The maximum atomic E-state index is 9.51. The fourth-order valence-corrected chi connectivity index (χ4v) is 0.106. The second-order valence-electron chi connectivity index (χ2n) is 1.08. The van der Waals surface area contributed by atoms with Crippen LogP contribution in [0.15, 0.2) is 0 Å². The minimum absolute atomic E-state index is 0. The summed E-state index contributed by atoms with van der Waals surface area (Å²) in [6.07, 6.45) is -2.30. The zero-order chi connectivity index (χ0) is 6.73. The molecule has 7 nitrogen and oxygen atoms in total. The molecular weight excluding hydrogens is 144 g/mol. The van der Waals surface area contributed by atoms with Crippen LogP contribution in [0.4, 0.5) is 0 Å². The monoisotopic (exact) mass is 154 g/mol. The molecule has 9 N–H and O–H groups in total. The zero-order valence-electron chi connectivity index (χ0n) is 5.15. The summed E-state index contributed by atoms with van der Waals surface area (Å²) in [7, 11) is 0. The second-order valence-corrected chi connectivity index (χ2v) is 1.08. The Hall–Kier alpha value is -1.18. The minimum atomic E-state index is -2.30. The fourth-order valence-electron chi connectivity index (χ4n) is 0.106. The second kappa shape index (κ2) is 5.95. The Balaban J connectivity index is -0.000000245.